The molecule has 0 amide bonds. The van der Waals surface area contributed by atoms with Crippen LogP contribution in [0.1, 0.15) is 0 Å². The summed E-state index contributed by atoms with van der Waals surface area (Å²) in [5, 5.41) is 14.1. The van der Waals surface area contributed by atoms with Crippen LogP contribution in [-0.4, -0.2) is 28.3 Å². The topological polar surface area (TPSA) is 88.8 Å². The Morgan fingerprint density at radius 2 is 1.82 bits per heavy atom. The minimum absolute atomic E-state index is 0.565. The van der Waals surface area contributed by atoms with Crippen molar-refractivity contribution in [2.75, 3.05) is 23.7 Å². The van der Waals surface area contributed by atoms with Crippen LogP contribution >= 0.6 is 0 Å². The molecule has 0 radical (unpaired) electrons. The van der Waals surface area contributed by atoms with Crippen molar-refractivity contribution in [3.05, 3.63) is 36.5 Å². The van der Waals surface area contributed by atoms with Crippen molar-refractivity contribution >= 4 is 17.5 Å². The summed E-state index contributed by atoms with van der Waals surface area (Å²) >= 11 is 0. The van der Waals surface area contributed by atoms with Crippen LogP contribution in [-0.2, 0) is 0 Å². The Bertz CT molecular complexity index is 441. The molecule has 0 aliphatic heterocycles. The van der Waals surface area contributed by atoms with Crippen molar-refractivity contribution in [1.29, 1.82) is 0 Å². The quantitative estimate of drug-likeness (QED) is 0.709. The van der Waals surface area contributed by atoms with Gasteiger partial charge in [-0.25, -0.2) is 4.98 Å². The molecule has 0 fully saturated rings. The van der Waals surface area contributed by atoms with Crippen molar-refractivity contribution in [3.63, 3.8) is 0 Å². The summed E-state index contributed by atoms with van der Waals surface area (Å²) in [7, 11) is 0. The Kier molecular flexibility index (Phi) is 3.82. The second-order valence-electron chi connectivity index (χ2n) is 3.36. The van der Waals surface area contributed by atoms with E-state index in [1.807, 2.05) is 30.3 Å². The van der Waals surface area contributed by atoms with Crippen molar-refractivity contribution in [1.82, 2.24) is 15.2 Å². The number of nitrogens with two attached hydrogens (primary N) is 1. The van der Waals surface area contributed by atoms with Gasteiger partial charge >= 0.3 is 0 Å². The van der Waals surface area contributed by atoms with Crippen LogP contribution < -0.4 is 16.4 Å². The van der Waals surface area contributed by atoms with Gasteiger partial charge in [0.15, 0.2) is 5.82 Å². The average molecular weight is 230 g/mol. The maximum Gasteiger partial charge on any atom is 0.154 e. The summed E-state index contributed by atoms with van der Waals surface area (Å²) in [5.41, 5.74) is 5.38. The first kappa shape index (κ1) is 11.3. The second-order valence-corrected chi connectivity index (χ2v) is 3.36. The van der Waals surface area contributed by atoms with Gasteiger partial charge in [-0.2, -0.15) is 0 Å². The van der Waals surface area contributed by atoms with Gasteiger partial charge in [-0.3, -0.25) is 0 Å². The van der Waals surface area contributed by atoms with E-state index in [9.17, 15) is 0 Å². The fraction of sp³-hybridized carbons (Fsp3) is 0.182. The third-order valence-corrected chi connectivity index (χ3v) is 2.04. The van der Waals surface area contributed by atoms with Crippen molar-refractivity contribution in [2.24, 2.45) is 5.73 Å². The van der Waals surface area contributed by atoms with E-state index < -0.39 is 0 Å². The number of hydrogen-bond acceptors (Lipinski definition) is 6. The summed E-state index contributed by atoms with van der Waals surface area (Å²) < 4.78 is 0. The van der Waals surface area contributed by atoms with E-state index in [0.717, 1.165) is 5.82 Å². The Morgan fingerprint density at radius 3 is 2.47 bits per heavy atom. The molecule has 2 aromatic rings. The number of anilines is 3. The van der Waals surface area contributed by atoms with Gasteiger partial charge in [-0.1, -0.05) is 6.07 Å². The van der Waals surface area contributed by atoms with Crippen LogP contribution in [0.4, 0.5) is 17.5 Å². The van der Waals surface area contributed by atoms with E-state index >= 15 is 0 Å². The molecule has 6 nitrogen and oxygen atoms in total. The Morgan fingerprint density at radius 1 is 1.00 bits per heavy atom. The molecule has 0 unspecified atom stereocenters. The highest BCUT2D eigenvalue weighted by molar-refractivity contribution is 5.52. The minimum Gasteiger partial charge on any atom is -0.367 e. The van der Waals surface area contributed by atoms with Crippen LogP contribution in [0.15, 0.2) is 36.5 Å². The maximum absolute atomic E-state index is 5.38. The van der Waals surface area contributed by atoms with Gasteiger partial charge in [0.2, 0.25) is 0 Å². The lowest BCUT2D eigenvalue weighted by molar-refractivity contribution is 0.973. The van der Waals surface area contributed by atoms with Crippen LogP contribution in [0.2, 0.25) is 0 Å². The predicted molar refractivity (Wildman–Crippen MR) is 67.1 cm³/mol. The molecule has 6 heteroatoms. The largest absolute Gasteiger partial charge is 0.367 e. The highest BCUT2D eigenvalue weighted by Gasteiger charge is 1.98. The lowest BCUT2D eigenvalue weighted by Gasteiger charge is -2.05. The molecule has 2 rings (SSSR count). The van der Waals surface area contributed by atoms with E-state index in [2.05, 4.69) is 25.8 Å². The molecule has 17 heavy (non-hydrogen) atoms. The van der Waals surface area contributed by atoms with Gasteiger partial charge in [-0.05, 0) is 24.3 Å². The fourth-order valence-corrected chi connectivity index (χ4v) is 1.26. The molecule has 88 valence electrons. The standard InChI is InChI=1S/C11H14N6/c12-6-8-14-10-4-5-11(17-16-10)15-9-3-1-2-7-13-9/h1-5,7H,6,8,12H2,(H,14,16)(H,13,15,17). The van der Waals surface area contributed by atoms with E-state index in [-0.39, 0.29) is 0 Å². The molecule has 0 atom stereocenters. The molecule has 0 saturated heterocycles. The normalized spacial score (nSPS) is 9.94. The molecular weight excluding hydrogens is 216 g/mol. The smallest absolute Gasteiger partial charge is 0.154 e. The van der Waals surface area contributed by atoms with Crippen molar-refractivity contribution in [2.45, 2.75) is 0 Å². The van der Waals surface area contributed by atoms with E-state index in [1.54, 1.807) is 6.20 Å². The number of nitrogens with zero attached hydrogens (tertiary/aromatic N) is 3. The molecule has 0 aliphatic carbocycles. The molecule has 4 N–H and O–H groups in total. The Balaban J connectivity index is 1.98. The zero-order valence-electron chi connectivity index (χ0n) is 9.30. The number of aromatic nitrogens is 3. The number of rotatable bonds is 5. The second kappa shape index (κ2) is 5.76. The maximum atomic E-state index is 5.38. The van der Waals surface area contributed by atoms with E-state index in [1.165, 1.54) is 0 Å². The van der Waals surface area contributed by atoms with Crippen LogP contribution in [0.5, 0.6) is 0 Å². The molecule has 2 heterocycles. The minimum atomic E-state index is 0.565. The van der Waals surface area contributed by atoms with Gasteiger partial charge in [0.25, 0.3) is 0 Å². The monoisotopic (exact) mass is 230 g/mol. The zero-order valence-corrected chi connectivity index (χ0v) is 9.30. The first-order valence-corrected chi connectivity index (χ1v) is 5.34. The first-order chi connectivity index (χ1) is 8.38. The molecule has 2 aromatic heterocycles. The van der Waals surface area contributed by atoms with Gasteiger partial charge in [0.05, 0.1) is 0 Å². The van der Waals surface area contributed by atoms with Gasteiger partial charge < -0.3 is 16.4 Å². The predicted octanol–water partition coefficient (Wildman–Crippen LogP) is 0.986. The Labute approximate surface area is 99.3 Å². The fourth-order valence-electron chi connectivity index (χ4n) is 1.26. The molecule has 0 aromatic carbocycles. The van der Waals surface area contributed by atoms with Gasteiger partial charge in [0, 0.05) is 19.3 Å². The number of hydrogen-bond donors (Lipinski definition) is 3. The number of pyridine rings is 1. The van der Waals surface area contributed by atoms with Crippen LogP contribution in [0.3, 0.4) is 0 Å². The summed E-state index contributed by atoms with van der Waals surface area (Å²) in [5.74, 6) is 2.11. The molecular formula is C11H14N6. The first-order valence-electron chi connectivity index (χ1n) is 5.34. The Hall–Kier alpha value is -2.21. The summed E-state index contributed by atoms with van der Waals surface area (Å²) in [4.78, 5) is 4.13. The van der Waals surface area contributed by atoms with Crippen molar-refractivity contribution < 1.29 is 0 Å². The third-order valence-electron chi connectivity index (χ3n) is 2.04. The molecule has 0 spiro atoms. The summed E-state index contributed by atoms with van der Waals surface area (Å²) in [6.45, 7) is 1.25. The number of nitrogens with one attached hydrogen (secondary N) is 2. The van der Waals surface area contributed by atoms with Crippen LogP contribution in [0, 0.1) is 0 Å². The van der Waals surface area contributed by atoms with Crippen LogP contribution in [0.25, 0.3) is 0 Å². The highest BCUT2D eigenvalue weighted by Crippen LogP contribution is 2.11. The van der Waals surface area contributed by atoms with E-state index in [0.29, 0.717) is 24.7 Å². The lowest BCUT2D eigenvalue weighted by atomic mass is 10.4. The van der Waals surface area contributed by atoms with E-state index in [4.69, 9.17) is 5.73 Å². The van der Waals surface area contributed by atoms with Gasteiger partial charge in [0.1, 0.15) is 11.6 Å². The third kappa shape index (κ3) is 3.39. The highest BCUT2D eigenvalue weighted by atomic mass is 15.2. The molecule has 0 bridgehead atoms. The average Bonchev–Trinajstić information content (AvgIpc) is 2.39. The summed E-state index contributed by atoms with van der Waals surface area (Å²) in [6, 6.07) is 9.30. The van der Waals surface area contributed by atoms with Gasteiger partial charge in [-0.15, -0.1) is 10.2 Å². The lowest BCUT2D eigenvalue weighted by Crippen LogP contribution is -2.14. The van der Waals surface area contributed by atoms with Crippen molar-refractivity contribution in [3.8, 4) is 0 Å². The SMILES string of the molecule is NCCNc1ccc(Nc2ccccn2)nn1. The summed E-state index contributed by atoms with van der Waals surface area (Å²) in [6.07, 6.45) is 1.72. The molecule has 0 saturated carbocycles. The zero-order chi connectivity index (χ0) is 11.9. The molecule has 0 aliphatic rings.